The maximum Gasteiger partial charge on any atom is 0.304 e. The summed E-state index contributed by atoms with van der Waals surface area (Å²) < 4.78 is 38.8. The van der Waals surface area contributed by atoms with Gasteiger partial charge in [-0.3, -0.25) is 14.9 Å². The third-order valence-corrected chi connectivity index (χ3v) is 3.74. The molecule has 20 heavy (non-hydrogen) atoms. The third-order valence-electron chi connectivity index (χ3n) is 2.29. The van der Waals surface area contributed by atoms with E-state index in [2.05, 4.69) is 4.72 Å². The molecule has 0 radical (unpaired) electrons. The molecule has 0 aliphatic rings. The molecule has 0 aromatic heterocycles. The number of hydrogen-bond acceptors (Lipinski definition) is 5. The molecule has 0 unspecified atom stereocenters. The van der Waals surface area contributed by atoms with Crippen molar-refractivity contribution in [3.63, 3.8) is 0 Å². The summed E-state index contributed by atoms with van der Waals surface area (Å²) in [6, 6.07) is 2.19. The van der Waals surface area contributed by atoms with Crippen molar-refractivity contribution in [2.24, 2.45) is 0 Å². The van der Waals surface area contributed by atoms with Crippen LogP contribution in [0.5, 0.6) is 0 Å². The van der Waals surface area contributed by atoms with Crippen molar-refractivity contribution >= 4 is 21.7 Å². The predicted octanol–water partition coefficient (Wildman–Crippen LogP) is 0.877. The number of benzene rings is 1. The Bertz CT molecular complexity index is 631. The fourth-order valence-electron chi connectivity index (χ4n) is 1.33. The van der Waals surface area contributed by atoms with E-state index in [1.807, 2.05) is 0 Å². The molecule has 0 aliphatic carbocycles. The van der Waals surface area contributed by atoms with Gasteiger partial charge in [0.05, 0.1) is 9.82 Å². The minimum atomic E-state index is -4.03. The second-order valence-corrected chi connectivity index (χ2v) is 5.53. The number of sulfonamides is 1. The smallest absolute Gasteiger partial charge is 0.304 e. The molecule has 0 fully saturated rings. The molecule has 110 valence electrons. The van der Waals surface area contributed by atoms with Gasteiger partial charge in [-0.05, 0) is 12.5 Å². The summed E-state index contributed by atoms with van der Waals surface area (Å²) in [5.41, 5.74) is -0.824. The van der Waals surface area contributed by atoms with Gasteiger partial charge in [0.1, 0.15) is 0 Å². The predicted molar refractivity (Wildman–Crippen MR) is 65.1 cm³/mol. The quantitative estimate of drug-likeness (QED) is 0.437. The molecule has 0 bridgehead atoms. The van der Waals surface area contributed by atoms with Crippen LogP contribution in [0.3, 0.4) is 0 Å². The fraction of sp³-hybridized carbons (Fsp3) is 0.300. The van der Waals surface area contributed by atoms with Crippen LogP contribution < -0.4 is 4.72 Å². The van der Waals surface area contributed by atoms with Gasteiger partial charge in [0.2, 0.25) is 15.8 Å². The highest BCUT2D eigenvalue weighted by Gasteiger charge is 2.20. The van der Waals surface area contributed by atoms with E-state index in [-0.39, 0.29) is 19.4 Å². The summed E-state index contributed by atoms with van der Waals surface area (Å²) in [6.07, 6.45) is -0.138. The maximum atomic E-state index is 13.3. The third kappa shape index (κ3) is 4.24. The molecule has 0 spiro atoms. The van der Waals surface area contributed by atoms with Crippen LogP contribution in [0.4, 0.5) is 10.1 Å². The lowest BCUT2D eigenvalue weighted by molar-refractivity contribution is -0.387. The fourth-order valence-corrected chi connectivity index (χ4v) is 2.42. The number of carboxylic acids is 1. The molecule has 0 aliphatic heterocycles. The maximum absolute atomic E-state index is 13.3. The Labute approximate surface area is 113 Å². The first-order valence-electron chi connectivity index (χ1n) is 5.39. The van der Waals surface area contributed by atoms with Crippen LogP contribution in [0.1, 0.15) is 12.8 Å². The molecule has 1 rings (SSSR count). The van der Waals surface area contributed by atoms with Gasteiger partial charge >= 0.3 is 11.7 Å². The molecule has 0 heterocycles. The van der Waals surface area contributed by atoms with Gasteiger partial charge in [0.25, 0.3) is 0 Å². The second-order valence-electron chi connectivity index (χ2n) is 3.77. The molecule has 10 heteroatoms. The van der Waals surface area contributed by atoms with Gasteiger partial charge in [-0.15, -0.1) is 0 Å². The van der Waals surface area contributed by atoms with Gasteiger partial charge in [-0.25, -0.2) is 13.1 Å². The molecule has 0 amide bonds. The van der Waals surface area contributed by atoms with Crippen molar-refractivity contribution in [1.29, 1.82) is 0 Å². The Morgan fingerprint density at radius 3 is 2.60 bits per heavy atom. The lowest BCUT2D eigenvalue weighted by Gasteiger charge is -2.06. The molecule has 0 saturated carbocycles. The summed E-state index contributed by atoms with van der Waals surface area (Å²) in [5.74, 6) is -2.33. The van der Waals surface area contributed by atoms with Crippen LogP contribution in [-0.4, -0.2) is 31.0 Å². The number of halogens is 1. The van der Waals surface area contributed by atoms with Crippen molar-refractivity contribution in [1.82, 2.24) is 4.72 Å². The lowest BCUT2D eigenvalue weighted by Crippen LogP contribution is -2.25. The van der Waals surface area contributed by atoms with Crippen LogP contribution in [0.15, 0.2) is 23.1 Å². The standard InChI is InChI=1S/C10H11FN2O6S/c11-8-6-7(3-4-9(8)13(16)17)20(18,19)12-5-1-2-10(14)15/h3-4,6,12H,1-2,5H2,(H,14,15). The number of nitrogens with one attached hydrogen (secondary N) is 1. The number of nitro benzene ring substituents is 1. The Hall–Kier alpha value is -2.07. The molecule has 1 aromatic rings. The molecule has 0 saturated heterocycles. The Morgan fingerprint density at radius 1 is 1.45 bits per heavy atom. The van der Waals surface area contributed by atoms with Crippen LogP contribution in [0, 0.1) is 15.9 Å². The summed E-state index contributed by atoms with van der Waals surface area (Å²) in [4.78, 5) is 19.2. The molecule has 1 aromatic carbocycles. The van der Waals surface area contributed by atoms with E-state index in [4.69, 9.17) is 5.11 Å². The lowest BCUT2D eigenvalue weighted by atomic mass is 10.3. The van der Waals surface area contributed by atoms with Crippen LogP contribution in [0.2, 0.25) is 0 Å². The van der Waals surface area contributed by atoms with E-state index >= 15 is 0 Å². The van der Waals surface area contributed by atoms with E-state index in [1.54, 1.807) is 0 Å². The zero-order valence-corrected chi connectivity index (χ0v) is 10.9. The van der Waals surface area contributed by atoms with Crippen LogP contribution in [-0.2, 0) is 14.8 Å². The van der Waals surface area contributed by atoms with E-state index in [1.165, 1.54) is 0 Å². The SMILES string of the molecule is O=C(O)CCCNS(=O)(=O)c1ccc([N+](=O)[O-])c(F)c1. The average molecular weight is 306 g/mol. The van der Waals surface area contributed by atoms with E-state index < -0.39 is 37.3 Å². The normalized spacial score (nSPS) is 11.2. The van der Waals surface area contributed by atoms with Crippen molar-refractivity contribution in [2.45, 2.75) is 17.7 Å². The van der Waals surface area contributed by atoms with Crippen LogP contribution >= 0.6 is 0 Å². The van der Waals surface area contributed by atoms with Crippen LogP contribution in [0.25, 0.3) is 0 Å². The first-order chi connectivity index (χ1) is 9.24. The van der Waals surface area contributed by atoms with Crippen molar-refractivity contribution in [2.75, 3.05) is 6.54 Å². The number of nitrogens with zero attached hydrogens (tertiary/aromatic N) is 1. The minimum absolute atomic E-state index is 0.0734. The summed E-state index contributed by atoms with van der Waals surface area (Å²) in [7, 11) is -4.03. The van der Waals surface area contributed by atoms with Crippen molar-refractivity contribution in [3.8, 4) is 0 Å². The minimum Gasteiger partial charge on any atom is -0.481 e. The monoisotopic (exact) mass is 306 g/mol. The number of carboxylic acid groups (broad SMARTS) is 1. The van der Waals surface area contributed by atoms with Gasteiger partial charge in [0.15, 0.2) is 0 Å². The Balaban J connectivity index is 2.80. The van der Waals surface area contributed by atoms with Gasteiger partial charge in [-0.1, -0.05) is 0 Å². The highest BCUT2D eigenvalue weighted by atomic mass is 32.2. The molecular weight excluding hydrogens is 295 g/mol. The van der Waals surface area contributed by atoms with E-state index in [0.29, 0.717) is 6.07 Å². The van der Waals surface area contributed by atoms with E-state index in [9.17, 15) is 27.7 Å². The number of rotatable bonds is 7. The highest BCUT2D eigenvalue weighted by molar-refractivity contribution is 7.89. The first kappa shape index (κ1) is 16.0. The van der Waals surface area contributed by atoms with Crippen molar-refractivity contribution in [3.05, 3.63) is 34.1 Å². The average Bonchev–Trinajstić information content (AvgIpc) is 2.34. The number of hydrogen-bond donors (Lipinski definition) is 2. The van der Waals surface area contributed by atoms with Gasteiger partial charge in [0, 0.05) is 25.1 Å². The van der Waals surface area contributed by atoms with E-state index in [0.717, 1.165) is 12.1 Å². The van der Waals surface area contributed by atoms with Gasteiger partial charge < -0.3 is 5.11 Å². The molecular formula is C10H11FN2O6S. The zero-order valence-electron chi connectivity index (χ0n) is 10.1. The molecule has 0 atom stereocenters. The Kier molecular flexibility index (Phi) is 5.11. The zero-order chi connectivity index (χ0) is 15.3. The van der Waals surface area contributed by atoms with Gasteiger partial charge in [-0.2, -0.15) is 4.39 Å². The number of aliphatic carboxylic acids is 1. The Morgan fingerprint density at radius 2 is 2.10 bits per heavy atom. The summed E-state index contributed by atoms with van der Waals surface area (Å²) >= 11 is 0. The van der Waals surface area contributed by atoms with Crippen molar-refractivity contribution < 1.29 is 27.6 Å². The first-order valence-corrected chi connectivity index (χ1v) is 6.88. The summed E-state index contributed by atoms with van der Waals surface area (Å²) in [5, 5.41) is 18.8. The number of nitro groups is 1. The highest BCUT2D eigenvalue weighted by Crippen LogP contribution is 2.20. The largest absolute Gasteiger partial charge is 0.481 e. The number of carbonyl (C=O) groups is 1. The summed E-state index contributed by atoms with van der Waals surface area (Å²) in [6.45, 7) is -0.132. The second kappa shape index (κ2) is 6.39. The molecule has 8 nitrogen and oxygen atoms in total. The topological polar surface area (TPSA) is 127 Å². The molecule has 2 N–H and O–H groups in total.